The second-order valence-electron chi connectivity index (χ2n) is 8.24. The minimum Gasteiger partial charge on any atom is -0.479 e. The maximum Gasteiger partial charge on any atom is 0.407 e. The number of amides is 2. The fraction of sp³-hybridized carbons (Fsp3) is 0.320. The molecule has 0 radical (unpaired) electrons. The van der Waals surface area contributed by atoms with E-state index in [0.29, 0.717) is 12.8 Å². The monoisotopic (exact) mass is 450 g/mol. The summed E-state index contributed by atoms with van der Waals surface area (Å²) in [5.74, 6) is -2.08. The van der Waals surface area contributed by atoms with Crippen molar-refractivity contribution in [1.82, 2.24) is 10.8 Å². The van der Waals surface area contributed by atoms with E-state index >= 15 is 0 Å². The van der Waals surface area contributed by atoms with Crippen molar-refractivity contribution in [2.75, 3.05) is 6.61 Å². The summed E-state index contributed by atoms with van der Waals surface area (Å²) in [6.07, 6.45) is 2.76. The number of alkyl carbamates (subject to hydrolysis) is 1. The van der Waals surface area contributed by atoms with Crippen LogP contribution in [-0.4, -0.2) is 41.8 Å². The molecule has 0 bridgehead atoms. The third kappa shape index (κ3) is 5.06. The topological polar surface area (TPSA) is 114 Å². The molecule has 2 aromatic rings. The highest BCUT2D eigenvalue weighted by atomic mass is 16.7. The van der Waals surface area contributed by atoms with Crippen LogP contribution >= 0.6 is 0 Å². The van der Waals surface area contributed by atoms with E-state index < -0.39 is 30.0 Å². The van der Waals surface area contributed by atoms with E-state index in [-0.39, 0.29) is 18.6 Å². The van der Waals surface area contributed by atoms with Crippen molar-refractivity contribution in [2.24, 2.45) is 5.92 Å². The number of aliphatic carboxylic acids is 1. The summed E-state index contributed by atoms with van der Waals surface area (Å²) in [6, 6.07) is 15.9. The van der Waals surface area contributed by atoms with Crippen LogP contribution in [0.4, 0.5) is 4.79 Å². The van der Waals surface area contributed by atoms with Crippen LogP contribution in [0.3, 0.4) is 0 Å². The molecule has 0 fully saturated rings. The normalized spacial score (nSPS) is 19.8. The maximum atomic E-state index is 12.5. The first-order valence-electron chi connectivity index (χ1n) is 10.9. The van der Waals surface area contributed by atoms with Crippen LogP contribution in [0.15, 0.2) is 60.7 Å². The molecule has 8 nitrogen and oxygen atoms in total. The Kier molecular flexibility index (Phi) is 6.74. The molecule has 3 atom stereocenters. The smallest absolute Gasteiger partial charge is 0.407 e. The van der Waals surface area contributed by atoms with E-state index in [1.807, 2.05) is 36.4 Å². The lowest BCUT2D eigenvalue weighted by molar-refractivity contribution is -0.160. The highest BCUT2D eigenvalue weighted by molar-refractivity contribution is 5.80. The number of hydroxylamine groups is 1. The first-order valence-corrected chi connectivity index (χ1v) is 10.9. The molecule has 172 valence electrons. The van der Waals surface area contributed by atoms with E-state index in [1.165, 1.54) is 6.92 Å². The second kappa shape index (κ2) is 9.87. The number of hydrogen-bond acceptors (Lipinski definition) is 5. The minimum atomic E-state index is -1.17. The maximum absolute atomic E-state index is 12.5. The van der Waals surface area contributed by atoms with Gasteiger partial charge in [0.15, 0.2) is 6.10 Å². The van der Waals surface area contributed by atoms with Crippen LogP contribution in [0.2, 0.25) is 0 Å². The number of ether oxygens (including phenoxy) is 1. The Labute approximate surface area is 191 Å². The van der Waals surface area contributed by atoms with Gasteiger partial charge in [0, 0.05) is 11.8 Å². The average molecular weight is 450 g/mol. The molecule has 33 heavy (non-hydrogen) atoms. The van der Waals surface area contributed by atoms with Gasteiger partial charge >= 0.3 is 12.1 Å². The molecule has 0 aliphatic heterocycles. The van der Waals surface area contributed by atoms with Crippen LogP contribution in [0.5, 0.6) is 0 Å². The second-order valence-corrected chi connectivity index (χ2v) is 8.24. The van der Waals surface area contributed by atoms with Crippen LogP contribution in [0, 0.1) is 5.92 Å². The summed E-state index contributed by atoms with van der Waals surface area (Å²) in [6.45, 7) is 1.53. The number of carboxylic acid groups (broad SMARTS) is 1. The van der Waals surface area contributed by atoms with Gasteiger partial charge in [0.25, 0.3) is 0 Å². The molecule has 1 unspecified atom stereocenters. The molecule has 2 aliphatic rings. The molecule has 0 aromatic heterocycles. The zero-order valence-corrected chi connectivity index (χ0v) is 18.2. The predicted molar refractivity (Wildman–Crippen MR) is 120 cm³/mol. The van der Waals surface area contributed by atoms with Gasteiger partial charge in [0.1, 0.15) is 6.61 Å². The van der Waals surface area contributed by atoms with E-state index in [2.05, 4.69) is 35.1 Å². The summed E-state index contributed by atoms with van der Waals surface area (Å²) in [5, 5.41) is 11.6. The van der Waals surface area contributed by atoms with Gasteiger partial charge in [0.05, 0.1) is 6.04 Å². The third-order valence-corrected chi connectivity index (χ3v) is 6.03. The Morgan fingerprint density at radius 1 is 1.06 bits per heavy atom. The lowest BCUT2D eigenvalue weighted by Crippen LogP contribution is -2.42. The molecule has 0 spiro atoms. The lowest BCUT2D eigenvalue weighted by Gasteiger charge is -2.25. The van der Waals surface area contributed by atoms with Gasteiger partial charge in [-0.05, 0) is 42.0 Å². The molecule has 8 heteroatoms. The first-order chi connectivity index (χ1) is 15.9. The number of nitrogens with one attached hydrogen (secondary N) is 2. The zero-order valence-electron chi connectivity index (χ0n) is 18.2. The van der Waals surface area contributed by atoms with Gasteiger partial charge in [-0.3, -0.25) is 9.63 Å². The molecule has 0 heterocycles. The van der Waals surface area contributed by atoms with Gasteiger partial charge in [-0.15, -0.1) is 0 Å². The molecule has 2 amide bonds. The Bertz CT molecular complexity index is 1040. The van der Waals surface area contributed by atoms with E-state index in [9.17, 15) is 14.4 Å². The van der Waals surface area contributed by atoms with E-state index in [4.69, 9.17) is 14.7 Å². The standard InChI is InChI=1S/C25H26N2O6/c1-15(24(29)30)33-27-23(28)16-7-6-8-17(13-16)26-25(31)32-14-22-20-11-4-2-9-18(20)19-10-3-5-12-21(19)22/h2-6,8-12,15-17,22H,7,13-14H2,1H3,(H,26,31)(H,27,28)(H,29,30)/t15?,16-,17-/m1/s1. The summed E-state index contributed by atoms with van der Waals surface area (Å²) in [5.41, 5.74) is 6.78. The van der Waals surface area contributed by atoms with Gasteiger partial charge < -0.3 is 15.2 Å². The Balaban J connectivity index is 1.31. The Morgan fingerprint density at radius 3 is 2.33 bits per heavy atom. The molecule has 2 aromatic carbocycles. The summed E-state index contributed by atoms with van der Waals surface area (Å²) in [7, 11) is 0. The number of carboxylic acids is 1. The van der Waals surface area contributed by atoms with Crippen LogP contribution in [0.1, 0.15) is 36.8 Å². The van der Waals surface area contributed by atoms with Crippen molar-refractivity contribution in [2.45, 2.75) is 37.8 Å². The van der Waals surface area contributed by atoms with Crippen molar-refractivity contribution >= 4 is 18.0 Å². The number of rotatable bonds is 7. The quantitative estimate of drug-likeness (QED) is 0.440. The van der Waals surface area contributed by atoms with Crippen molar-refractivity contribution in [3.05, 3.63) is 71.8 Å². The number of carbonyl (C=O) groups is 3. The Hall–Kier alpha value is -3.65. The molecular weight excluding hydrogens is 424 g/mol. The van der Waals surface area contributed by atoms with Crippen LogP contribution < -0.4 is 10.8 Å². The largest absolute Gasteiger partial charge is 0.479 e. The van der Waals surface area contributed by atoms with Gasteiger partial charge in [-0.1, -0.05) is 60.7 Å². The number of carbonyl (C=O) groups excluding carboxylic acids is 2. The molecular formula is C25H26N2O6. The van der Waals surface area contributed by atoms with Gasteiger partial charge in [-0.25, -0.2) is 15.1 Å². The Morgan fingerprint density at radius 2 is 1.70 bits per heavy atom. The average Bonchev–Trinajstić information content (AvgIpc) is 3.15. The van der Waals surface area contributed by atoms with Crippen LogP contribution in [0.25, 0.3) is 11.1 Å². The van der Waals surface area contributed by atoms with Gasteiger partial charge in [-0.2, -0.15) is 0 Å². The zero-order chi connectivity index (χ0) is 23.4. The molecule has 4 rings (SSSR count). The summed E-state index contributed by atoms with van der Waals surface area (Å²) in [4.78, 5) is 40.4. The number of hydrogen-bond donors (Lipinski definition) is 3. The SMILES string of the molecule is CC(ONC(=O)[C@@H]1CC=C[C@@H](NC(=O)OCC2c3ccccc3-c3ccccc32)C1)C(=O)O. The van der Waals surface area contributed by atoms with Gasteiger partial charge in [0.2, 0.25) is 5.91 Å². The molecule has 3 N–H and O–H groups in total. The van der Waals surface area contributed by atoms with E-state index in [0.717, 1.165) is 22.3 Å². The summed E-state index contributed by atoms with van der Waals surface area (Å²) < 4.78 is 5.57. The first kappa shape index (κ1) is 22.5. The molecule has 2 aliphatic carbocycles. The van der Waals surface area contributed by atoms with Crippen molar-refractivity contribution in [3.63, 3.8) is 0 Å². The number of allylic oxidation sites excluding steroid dienone is 1. The van der Waals surface area contributed by atoms with Crippen molar-refractivity contribution in [3.8, 4) is 11.1 Å². The fourth-order valence-electron chi connectivity index (χ4n) is 4.28. The minimum absolute atomic E-state index is 0.0306. The number of fused-ring (bicyclic) bond motifs is 3. The van der Waals surface area contributed by atoms with Crippen LogP contribution in [-0.2, 0) is 19.2 Å². The molecule has 0 saturated heterocycles. The highest BCUT2D eigenvalue weighted by Gasteiger charge is 2.30. The van der Waals surface area contributed by atoms with Crippen molar-refractivity contribution in [1.29, 1.82) is 0 Å². The third-order valence-electron chi connectivity index (χ3n) is 6.03. The summed E-state index contributed by atoms with van der Waals surface area (Å²) >= 11 is 0. The highest BCUT2D eigenvalue weighted by Crippen LogP contribution is 2.44. The van der Waals surface area contributed by atoms with E-state index in [1.54, 1.807) is 0 Å². The number of benzene rings is 2. The lowest BCUT2D eigenvalue weighted by atomic mass is 9.90. The van der Waals surface area contributed by atoms with Crippen molar-refractivity contribution < 1.29 is 29.1 Å². The predicted octanol–water partition coefficient (Wildman–Crippen LogP) is 3.38. The fourth-order valence-corrected chi connectivity index (χ4v) is 4.28. The molecule has 0 saturated carbocycles.